The fraction of sp³-hybridized carbons (Fsp3) is 0.333. The Morgan fingerprint density at radius 3 is 2.67 bits per heavy atom. The van der Waals surface area contributed by atoms with Gasteiger partial charge in [-0.15, -0.1) is 0 Å². The van der Waals surface area contributed by atoms with E-state index in [0.717, 1.165) is 38.3 Å². The van der Waals surface area contributed by atoms with E-state index in [9.17, 15) is 14.4 Å². The predicted molar refractivity (Wildman–Crippen MR) is 104 cm³/mol. The topological polar surface area (TPSA) is 59.4 Å². The van der Waals surface area contributed by atoms with Crippen molar-refractivity contribution < 1.29 is 9.18 Å². The second kappa shape index (κ2) is 9.15. The minimum absolute atomic E-state index is 0.184. The summed E-state index contributed by atoms with van der Waals surface area (Å²) in [5, 5.41) is 11.9. The summed E-state index contributed by atoms with van der Waals surface area (Å²) in [6.45, 7) is 4.06. The molecular weight excluding hydrogens is 343 g/mol. The van der Waals surface area contributed by atoms with Crippen LogP contribution in [0.3, 0.4) is 0 Å². The minimum atomic E-state index is -0.424. The van der Waals surface area contributed by atoms with E-state index >= 15 is 0 Å². The first-order chi connectivity index (χ1) is 13.2. The smallest absolute Gasteiger partial charge is 0.225 e. The molecule has 5 nitrogen and oxygen atoms in total. The first-order valence-electron chi connectivity index (χ1n) is 9.18. The van der Waals surface area contributed by atoms with Crippen LogP contribution in [-0.2, 0) is 4.79 Å². The molecule has 1 saturated heterocycles. The molecule has 1 aliphatic heterocycles. The molecule has 0 aromatic heterocycles. The monoisotopic (exact) mass is 366 g/mol. The highest BCUT2D eigenvalue weighted by Gasteiger charge is 2.18. The van der Waals surface area contributed by atoms with Crippen LogP contribution >= 0.6 is 0 Å². The molecule has 1 N–H and O–H groups in total. The van der Waals surface area contributed by atoms with Crippen molar-refractivity contribution in [3.8, 4) is 6.07 Å². The van der Waals surface area contributed by atoms with Crippen molar-refractivity contribution in [1.29, 1.82) is 5.26 Å². The van der Waals surface area contributed by atoms with Crippen molar-refractivity contribution in [2.75, 3.05) is 42.9 Å². The molecule has 0 unspecified atom stereocenters. The normalized spacial score (nSPS) is 15.0. The molecule has 1 amide bonds. The molecule has 1 heterocycles. The van der Waals surface area contributed by atoms with Gasteiger partial charge in [-0.2, -0.15) is 5.26 Å². The van der Waals surface area contributed by atoms with E-state index < -0.39 is 5.82 Å². The van der Waals surface area contributed by atoms with Gasteiger partial charge in [0, 0.05) is 32.6 Å². The van der Waals surface area contributed by atoms with Crippen molar-refractivity contribution in [1.82, 2.24) is 4.90 Å². The molecular formula is C21H23FN4O. The van der Waals surface area contributed by atoms with Gasteiger partial charge in [-0.05, 0) is 37.2 Å². The lowest BCUT2D eigenvalue weighted by Gasteiger charge is -2.24. The summed E-state index contributed by atoms with van der Waals surface area (Å²) in [7, 11) is 0. The maximum atomic E-state index is 13.6. The lowest BCUT2D eigenvalue weighted by atomic mass is 10.1. The van der Waals surface area contributed by atoms with Crippen LogP contribution in [0.15, 0.2) is 48.5 Å². The van der Waals surface area contributed by atoms with Gasteiger partial charge in [0.1, 0.15) is 11.9 Å². The van der Waals surface area contributed by atoms with Crippen LogP contribution in [0.25, 0.3) is 0 Å². The third-order valence-electron chi connectivity index (χ3n) is 4.76. The molecule has 0 radical (unpaired) electrons. The van der Waals surface area contributed by atoms with Crippen molar-refractivity contribution in [3.05, 3.63) is 59.9 Å². The number of rotatable bonds is 5. The SMILES string of the molecule is N#Cc1ccccc1N1CCCN(CCC(=O)Nc2ccccc2F)CC1. The molecule has 3 rings (SSSR count). The first kappa shape index (κ1) is 18.9. The largest absolute Gasteiger partial charge is 0.369 e. The van der Waals surface area contributed by atoms with Crippen molar-refractivity contribution in [2.24, 2.45) is 0 Å². The quantitative estimate of drug-likeness (QED) is 0.883. The van der Waals surface area contributed by atoms with Gasteiger partial charge in [0.05, 0.1) is 16.9 Å². The molecule has 0 spiro atoms. The molecule has 0 aliphatic carbocycles. The number of nitrogens with one attached hydrogen (secondary N) is 1. The molecule has 0 bridgehead atoms. The van der Waals surface area contributed by atoms with Crippen LogP contribution in [0, 0.1) is 17.1 Å². The summed E-state index contributed by atoms with van der Waals surface area (Å²) >= 11 is 0. The van der Waals surface area contributed by atoms with Gasteiger partial charge in [0.2, 0.25) is 5.91 Å². The molecule has 1 aliphatic rings. The standard InChI is InChI=1S/C21H23FN4O/c22-18-7-2-3-8-19(18)24-21(27)10-13-25-11-5-12-26(15-14-25)20-9-4-1-6-17(20)16-23/h1-4,6-9H,5,10-15H2,(H,24,27). The van der Waals surface area contributed by atoms with Crippen LogP contribution in [0.5, 0.6) is 0 Å². The number of benzene rings is 2. The fourth-order valence-corrected chi connectivity index (χ4v) is 3.31. The third-order valence-corrected chi connectivity index (χ3v) is 4.76. The van der Waals surface area contributed by atoms with E-state index in [1.807, 2.05) is 24.3 Å². The Labute approximate surface area is 159 Å². The molecule has 27 heavy (non-hydrogen) atoms. The van der Waals surface area contributed by atoms with Gasteiger partial charge >= 0.3 is 0 Å². The highest BCUT2D eigenvalue weighted by atomic mass is 19.1. The second-order valence-corrected chi connectivity index (χ2v) is 6.59. The molecule has 1 fully saturated rings. The molecule has 2 aromatic carbocycles. The van der Waals surface area contributed by atoms with Gasteiger partial charge in [0.15, 0.2) is 0 Å². The van der Waals surface area contributed by atoms with Gasteiger partial charge in [-0.3, -0.25) is 4.79 Å². The van der Waals surface area contributed by atoms with Gasteiger partial charge < -0.3 is 15.1 Å². The van der Waals surface area contributed by atoms with Crippen molar-refractivity contribution in [3.63, 3.8) is 0 Å². The van der Waals surface area contributed by atoms with Crippen molar-refractivity contribution >= 4 is 17.3 Å². The van der Waals surface area contributed by atoms with Crippen LogP contribution in [0.2, 0.25) is 0 Å². The molecule has 0 atom stereocenters. The Kier molecular flexibility index (Phi) is 6.39. The maximum absolute atomic E-state index is 13.6. The van der Waals surface area contributed by atoms with E-state index in [2.05, 4.69) is 21.2 Å². The predicted octanol–water partition coefficient (Wildman–Crippen LogP) is 3.24. The molecule has 6 heteroatoms. The third kappa shape index (κ3) is 5.05. The number of carbonyl (C=O) groups is 1. The Morgan fingerprint density at radius 2 is 1.85 bits per heavy atom. The maximum Gasteiger partial charge on any atom is 0.225 e. The van der Waals surface area contributed by atoms with E-state index in [0.29, 0.717) is 18.5 Å². The van der Waals surface area contributed by atoms with Crippen LogP contribution < -0.4 is 10.2 Å². The Hall–Kier alpha value is -2.91. The van der Waals surface area contributed by atoms with E-state index in [-0.39, 0.29) is 11.6 Å². The number of halogens is 1. The lowest BCUT2D eigenvalue weighted by Crippen LogP contribution is -2.33. The number of hydrogen-bond donors (Lipinski definition) is 1. The Morgan fingerprint density at radius 1 is 1.07 bits per heavy atom. The van der Waals surface area contributed by atoms with E-state index in [4.69, 9.17) is 0 Å². The summed E-state index contributed by atoms with van der Waals surface area (Å²) in [4.78, 5) is 16.6. The Bertz CT molecular complexity index is 833. The highest BCUT2D eigenvalue weighted by molar-refractivity contribution is 5.90. The van der Waals surface area contributed by atoms with Crippen molar-refractivity contribution in [2.45, 2.75) is 12.8 Å². The summed E-state index contributed by atoms with van der Waals surface area (Å²) in [6.07, 6.45) is 1.29. The summed E-state index contributed by atoms with van der Waals surface area (Å²) < 4.78 is 13.6. The zero-order valence-corrected chi connectivity index (χ0v) is 15.2. The van der Waals surface area contributed by atoms with Gasteiger partial charge in [-0.25, -0.2) is 4.39 Å². The summed E-state index contributed by atoms with van der Waals surface area (Å²) in [5.74, 6) is -0.608. The lowest BCUT2D eigenvalue weighted by molar-refractivity contribution is -0.116. The number of anilines is 2. The number of carbonyl (C=O) groups excluding carboxylic acids is 1. The summed E-state index contributed by atoms with van der Waals surface area (Å²) in [6, 6.07) is 16.1. The zero-order chi connectivity index (χ0) is 19.1. The zero-order valence-electron chi connectivity index (χ0n) is 15.2. The second-order valence-electron chi connectivity index (χ2n) is 6.59. The van der Waals surface area contributed by atoms with Gasteiger partial charge in [0.25, 0.3) is 0 Å². The average Bonchev–Trinajstić information content (AvgIpc) is 2.94. The van der Waals surface area contributed by atoms with Crippen LogP contribution in [0.4, 0.5) is 15.8 Å². The fourth-order valence-electron chi connectivity index (χ4n) is 3.31. The highest BCUT2D eigenvalue weighted by Crippen LogP contribution is 2.21. The number of para-hydroxylation sites is 2. The number of amides is 1. The Balaban J connectivity index is 1.51. The molecule has 0 saturated carbocycles. The average molecular weight is 366 g/mol. The molecule has 2 aromatic rings. The van der Waals surface area contributed by atoms with Crippen LogP contribution in [0.1, 0.15) is 18.4 Å². The number of nitrogens with zero attached hydrogens (tertiary/aromatic N) is 3. The number of nitriles is 1. The summed E-state index contributed by atoms with van der Waals surface area (Å²) in [5.41, 5.74) is 1.88. The van der Waals surface area contributed by atoms with Gasteiger partial charge in [-0.1, -0.05) is 24.3 Å². The van der Waals surface area contributed by atoms with E-state index in [1.165, 1.54) is 6.07 Å². The first-order valence-corrected chi connectivity index (χ1v) is 9.18. The number of hydrogen-bond acceptors (Lipinski definition) is 4. The molecule has 140 valence electrons. The van der Waals surface area contributed by atoms with Crippen LogP contribution in [-0.4, -0.2) is 43.5 Å². The minimum Gasteiger partial charge on any atom is -0.369 e. The van der Waals surface area contributed by atoms with E-state index in [1.54, 1.807) is 18.2 Å².